The molecule has 6 nitrogen and oxygen atoms in total. The molecule has 1 heterocycles. The molecule has 0 N–H and O–H groups in total. The van der Waals surface area contributed by atoms with Crippen molar-refractivity contribution in [1.29, 1.82) is 0 Å². The predicted octanol–water partition coefficient (Wildman–Crippen LogP) is 5.04. The molecule has 162 valence electrons. The molecule has 2 aromatic carbocycles. The topological polar surface area (TPSA) is 68.5 Å². The first kappa shape index (κ1) is 21.1. The molecule has 1 aromatic heterocycles. The van der Waals surface area contributed by atoms with Crippen molar-refractivity contribution in [2.75, 3.05) is 6.61 Å². The normalized spacial score (nSPS) is 14.4. The van der Waals surface area contributed by atoms with Crippen molar-refractivity contribution in [1.82, 2.24) is 15.0 Å². The Balaban J connectivity index is 1.45. The summed E-state index contributed by atoms with van der Waals surface area (Å²) in [6.45, 7) is 2.42. The number of carbonyl (C=O) groups excluding carboxylic acids is 1. The number of amides is 1. The van der Waals surface area contributed by atoms with Crippen molar-refractivity contribution in [3.05, 3.63) is 66.1 Å². The highest BCUT2D eigenvalue weighted by Gasteiger charge is 2.27. The average Bonchev–Trinajstić information content (AvgIpc) is 3.31. The third kappa shape index (κ3) is 5.51. The van der Waals surface area contributed by atoms with E-state index in [-0.39, 0.29) is 18.6 Å². The lowest BCUT2D eigenvalue weighted by Gasteiger charge is -2.33. The molecule has 0 bridgehead atoms. The monoisotopic (exact) mass is 419 g/mol. The zero-order chi connectivity index (χ0) is 21.5. The van der Waals surface area contributed by atoms with E-state index in [1.54, 1.807) is 0 Å². The fraction of sp³-hybridized carbons (Fsp3) is 0.400. The van der Waals surface area contributed by atoms with Gasteiger partial charge in [-0.1, -0.05) is 73.8 Å². The van der Waals surface area contributed by atoms with Crippen LogP contribution in [0.25, 0.3) is 11.4 Å². The maximum atomic E-state index is 13.1. The highest BCUT2D eigenvalue weighted by atomic mass is 16.5. The number of rotatable bonds is 8. The Hall–Kier alpha value is -3.15. The molecular weight excluding hydrogens is 390 g/mol. The van der Waals surface area contributed by atoms with E-state index in [1.807, 2.05) is 59.5 Å². The summed E-state index contributed by atoms with van der Waals surface area (Å²) in [5, 5.41) is 4.10. The van der Waals surface area contributed by atoms with Gasteiger partial charge in [-0.25, -0.2) is 0 Å². The third-order valence-corrected chi connectivity index (χ3v) is 5.84. The van der Waals surface area contributed by atoms with Gasteiger partial charge in [-0.05, 0) is 37.0 Å². The summed E-state index contributed by atoms with van der Waals surface area (Å²) in [7, 11) is 0. The van der Waals surface area contributed by atoms with Gasteiger partial charge in [0.25, 0.3) is 5.91 Å². The minimum Gasteiger partial charge on any atom is -0.484 e. The maximum Gasteiger partial charge on any atom is 0.261 e. The first-order valence-electron chi connectivity index (χ1n) is 11.1. The Morgan fingerprint density at radius 2 is 1.81 bits per heavy atom. The van der Waals surface area contributed by atoms with Crippen LogP contribution in [-0.4, -0.2) is 33.6 Å². The second kappa shape index (κ2) is 10.2. The SMILES string of the molecule is CCc1ccc(OCC(=O)N(Cc2nc(-c3ccccc3)no2)C2CCCCC2)cc1. The Bertz CT molecular complexity index is 963. The summed E-state index contributed by atoms with van der Waals surface area (Å²) < 4.78 is 11.3. The molecule has 1 fully saturated rings. The van der Waals surface area contributed by atoms with E-state index in [1.165, 1.54) is 12.0 Å². The van der Waals surface area contributed by atoms with Crippen molar-refractivity contribution in [3.63, 3.8) is 0 Å². The first-order valence-corrected chi connectivity index (χ1v) is 11.1. The van der Waals surface area contributed by atoms with Crippen LogP contribution in [0.5, 0.6) is 5.75 Å². The van der Waals surface area contributed by atoms with Crippen LogP contribution < -0.4 is 4.74 Å². The van der Waals surface area contributed by atoms with Crippen molar-refractivity contribution in [3.8, 4) is 17.1 Å². The van der Waals surface area contributed by atoms with Crippen molar-refractivity contribution < 1.29 is 14.1 Å². The quantitative estimate of drug-likeness (QED) is 0.512. The fourth-order valence-corrected chi connectivity index (χ4v) is 4.03. The van der Waals surface area contributed by atoms with E-state index >= 15 is 0 Å². The lowest BCUT2D eigenvalue weighted by atomic mass is 9.94. The van der Waals surface area contributed by atoms with E-state index < -0.39 is 0 Å². The fourth-order valence-electron chi connectivity index (χ4n) is 4.03. The Morgan fingerprint density at radius 1 is 1.06 bits per heavy atom. The lowest BCUT2D eigenvalue weighted by Crippen LogP contribution is -2.43. The zero-order valence-corrected chi connectivity index (χ0v) is 18.0. The molecule has 0 unspecified atom stereocenters. The van der Waals surface area contributed by atoms with E-state index in [2.05, 4.69) is 17.1 Å². The van der Waals surface area contributed by atoms with E-state index in [0.717, 1.165) is 37.7 Å². The van der Waals surface area contributed by atoms with E-state index in [4.69, 9.17) is 9.26 Å². The highest BCUT2D eigenvalue weighted by molar-refractivity contribution is 5.78. The molecule has 31 heavy (non-hydrogen) atoms. The number of aryl methyl sites for hydroxylation is 1. The standard InChI is InChI=1S/C25H29N3O3/c1-2-19-13-15-22(16-14-19)30-18-24(29)28(21-11-7-4-8-12-21)17-23-26-25(27-31-23)20-9-5-3-6-10-20/h3,5-6,9-10,13-16,21H,2,4,7-8,11-12,17-18H2,1H3. The van der Waals surface area contributed by atoms with Crippen LogP contribution in [0, 0.1) is 0 Å². The van der Waals surface area contributed by atoms with E-state index in [9.17, 15) is 4.79 Å². The molecule has 0 atom stereocenters. The summed E-state index contributed by atoms with van der Waals surface area (Å²) >= 11 is 0. The summed E-state index contributed by atoms with van der Waals surface area (Å²) in [4.78, 5) is 19.5. The van der Waals surface area contributed by atoms with Gasteiger partial charge < -0.3 is 14.2 Å². The summed E-state index contributed by atoms with van der Waals surface area (Å²) in [6.07, 6.45) is 6.45. The molecule has 1 aliphatic carbocycles. The van der Waals surface area contributed by atoms with Crippen LogP contribution in [-0.2, 0) is 17.8 Å². The number of ether oxygens (including phenoxy) is 1. The molecule has 0 aliphatic heterocycles. The van der Waals surface area contributed by atoms with Gasteiger partial charge in [-0.3, -0.25) is 4.79 Å². The Labute approximate surface area is 183 Å². The Kier molecular flexibility index (Phi) is 6.97. The molecule has 1 aliphatic rings. The number of benzene rings is 2. The van der Waals surface area contributed by atoms with Crippen LogP contribution in [0.4, 0.5) is 0 Å². The van der Waals surface area contributed by atoms with Gasteiger partial charge in [0.2, 0.25) is 11.7 Å². The number of hydrogen-bond donors (Lipinski definition) is 0. The largest absolute Gasteiger partial charge is 0.484 e. The molecular formula is C25H29N3O3. The van der Waals surface area contributed by atoms with Crippen LogP contribution in [0.15, 0.2) is 59.1 Å². The summed E-state index contributed by atoms with van der Waals surface area (Å²) in [6, 6.07) is 17.8. The molecule has 0 saturated heterocycles. The molecule has 0 spiro atoms. The predicted molar refractivity (Wildman–Crippen MR) is 118 cm³/mol. The van der Waals surface area contributed by atoms with Crippen LogP contribution >= 0.6 is 0 Å². The molecule has 1 saturated carbocycles. The number of hydrogen-bond acceptors (Lipinski definition) is 5. The van der Waals surface area contributed by atoms with Crippen LogP contribution in [0.1, 0.15) is 50.5 Å². The van der Waals surface area contributed by atoms with Crippen molar-refractivity contribution >= 4 is 5.91 Å². The molecule has 1 amide bonds. The maximum absolute atomic E-state index is 13.1. The lowest BCUT2D eigenvalue weighted by molar-refractivity contribution is -0.137. The van der Waals surface area contributed by atoms with Gasteiger partial charge in [0.15, 0.2) is 6.61 Å². The first-order chi connectivity index (χ1) is 15.2. The molecule has 3 aromatic rings. The minimum absolute atomic E-state index is 0.00164. The number of nitrogens with zero attached hydrogens (tertiary/aromatic N) is 3. The van der Waals surface area contributed by atoms with Gasteiger partial charge in [0, 0.05) is 11.6 Å². The second-order valence-electron chi connectivity index (χ2n) is 7.98. The summed E-state index contributed by atoms with van der Waals surface area (Å²) in [5.74, 6) is 1.65. The zero-order valence-electron chi connectivity index (χ0n) is 18.0. The van der Waals surface area contributed by atoms with Crippen molar-refractivity contribution in [2.45, 2.75) is 58.0 Å². The number of aromatic nitrogens is 2. The van der Waals surface area contributed by atoms with E-state index in [0.29, 0.717) is 24.0 Å². The molecule has 6 heteroatoms. The van der Waals surface area contributed by atoms with Gasteiger partial charge in [-0.2, -0.15) is 4.98 Å². The average molecular weight is 420 g/mol. The highest BCUT2D eigenvalue weighted by Crippen LogP contribution is 2.25. The summed E-state index contributed by atoms with van der Waals surface area (Å²) in [5.41, 5.74) is 2.14. The van der Waals surface area contributed by atoms with Crippen molar-refractivity contribution in [2.24, 2.45) is 0 Å². The van der Waals surface area contributed by atoms with Gasteiger partial charge in [0.1, 0.15) is 12.3 Å². The van der Waals surface area contributed by atoms with Gasteiger partial charge in [0.05, 0.1) is 0 Å². The Morgan fingerprint density at radius 3 is 2.52 bits per heavy atom. The molecule has 4 rings (SSSR count). The number of carbonyl (C=O) groups is 1. The van der Waals surface area contributed by atoms with Gasteiger partial charge >= 0.3 is 0 Å². The smallest absolute Gasteiger partial charge is 0.261 e. The van der Waals surface area contributed by atoms with Gasteiger partial charge in [-0.15, -0.1) is 0 Å². The van der Waals surface area contributed by atoms with Crippen LogP contribution in [0.3, 0.4) is 0 Å². The third-order valence-electron chi connectivity index (χ3n) is 5.84. The molecule has 0 radical (unpaired) electrons. The second-order valence-corrected chi connectivity index (χ2v) is 7.98. The minimum atomic E-state index is -0.0501. The van der Waals surface area contributed by atoms with Crippen LogP contribution in [0.2, 0.25) is 0 Å².